The maximum absolute atomic E-state index is 11.6. The van der Waals surface area contributed by atoms with Crippen molar-refractivity contribution >= 4 is 35.4 Å². The number of thioether (sulfide) groups is 1. The summed E-state index contributed by atoms with van der Waals surface area (Å²) in [5.74, 6) is 0.349. The molecule has 28 heavy (non-hydrogen) atoms. The molecule has 0 aliphatic heterocycles. The maximum Gasteiger partial charge on any atom is 0.342 e. The molecule has 0 atom stereocenters. The zero-order valence-corrected chi connectivity index (χ0v) is 16.6. The Morgan fingerprint density at radius 3 is 2.64 bits per heavy atom. The second-order valence-electron chi connectivity index (χ2n) is 5.78. The van der Waals surface area contributed by atoms with E-state index in [-0.39, 0.29) is 4.91 Å². The number of nitrogens with one attached hydrogen (secondary N) is 1. The lowest BCUT2D eigenvalue weighted by atomic mass is 10.2. The van der Waals surface area contributed by atoms with Crippen LogP contribution in [0.25, 0.3) is 6.08 Å². The average Bonchev–Trinajstić information content (AvgIpc) is 3.15. The van der Waals surface area contributed by atoms with Gasteiger partial charge in [0.15, 0.2) is 0 Å². The predicted molar refractivity (Wildman–Crippen MR) is 109 cm³/mol. The first-order valence-electron chi connectivity index (χ1n) is 8.55. The van der Waals surface area contributed by atoms with Gasteiger partial charge in [-0.15, -0.1) is 5.10 Å². The van der Waals surface area contributed by atoms with E-state index in [2.05, 4.69) is 15.2 Å². The third-order valence-electron chi connectivity index (χ3n) is 3.79. The molecule has 3 aromatic rings. The summed E-state index contributed by atoms with van der Waals surface area (Å²) < 4.78 is 5.74. The molecule has 0 fully saturated rings. The topological polar surface area (TPSA) is 88.1 Å². The van der Waals surface area contributed by atoms with Crippen LogP contribution in [0.2, 0.25) is 5.02 Å². The fourth-order valence-electron chi connectivity index (χ4n) is 2.30. The van der Waals surface area contributed by atoms with Crippen LogP contribution in [0.3, 0.4) is 0 Å². The van der Waals surface area contributed by atoms with Crippen LogP contribution in [0, 0.1) is 0 Å². The third-order valence-corrected chi connectivity index (χ3v) is 5.03. The van der Waals surface area contributed by atoms with E-state index in [0.717, 1.165) is 22.9 Å². The highest BCUT2D eigenvalue weighted by Gasteiger charge is 2.13. The zero-order chi connectivity index (χ0) is 19.9. The summed E-state index contributed by atoms with van der Waals surface area (Å²) in [5.41, 5.74) is 1.64. The number of carbonyl (C=O) groups is 1. The number of nitrogens with zero attached hydrogens (tertiary/aromatic N) is 2. The van der Waals surface area contributed by atoms with Gasteiger partial charge in [-0.2, -0.15) is 0 Å². The maximum atomic E-state index is 11.6. The van der Waals surface area contributed by atoms with Gasteiger partial charge in [0.05, 0.1) is 0 Å². The molecule has 0 saturated carbocycles. The first-order valence-corrected chi connectivity index (χ1v) is 9.75. The van der Waals surface area contributed by atoms with E-state index in [1.165, 1.54) is 0 Å². The van der Waals surface area contributed by atoms with E-state index in [1.807, 2.05) is 31.2 Å². The second kappa shape index (κ2) is 9.43. The highest BCUT2D eigenvalue weighted by Crippen LogP contribution is 2.26. The number of aryl methyl sites for hydroxylation is 1. The molecular formula is C20H18ClN3O3S. The molecule has 144 valence electrons. The van der Waals surface area contributed by atoms with E-state index in [4.69, 9.17) is 16.3 Å². The minimum Gasteiger partial charge on any atom is -0.489 e. The van der Waals surface area contributed by atoms with Crippen molar-refractivity contribution in [3.8, 4) is 5.75 Å². The van der Waals surface area contributed by atoms with Gasteiger partial charge in [-0.1, -0.05) is 48.9 Å². The molecule has 0 amide bonds. The van der Waals surface area contributed by atoms with Crippen molar-refractivity contribution in [2.45, 2.75) is 25.1 Å². The molecule has 1 heterocycles. The van der Waals surface area contributed by atoms with Gasteiger partial charge >= 0.3 is 5.97 Å². The van der Waals surface area contributed by atoms with Gasteiger partial charge in [0.1, 0.15) is 23.1 Å². The quantitative estimate of drug-likeness (QED) is 0.405. The Morgan fingerprint density at radius 2 is 2.00 bits per heavy atom. The van der Waals surface area contributed by atoms with Gasteiger partial charge in [0, 0.05) is 17.0 Å². The zero-order valence-electron chi connectivity index (χ0n) is 15.1. The number of hydrogen-bond acceptors (Lipinski definition) is 5. The molecule has 6 nitrogen and oxygen atoms in total. The Labute approximate surface area is 171 Å². The van der Waals surface area contributed by atoms with Crippen LogP contribution in [0.4, 0.5) is 0 Å². The van der Waals surface area contributed by atoms with Gasteiger partial charge < -0.3 is 9.84 Å². The van der Waals surface area contributed by atoms with Gasteiger partial charge in [0.2, 0.25) is 5.16 Å². The van der Waals surface area contributed by atoms with Crippen molar-refractivity contribution in [2.24, 2.45) is 0 Å². The minimum atomic E-state index is -1.04. The summed E-state index contributed by atoms with van der Waals surface area (Å²) in [6, 6.07) is 14.7. The smallest absolute Gasteiger partial charge is 0.342 e. The first-order chi connectivity index (χ1) is 13.5. The summed E-state index contributed by atoms with van der Waals surface area (Å²) in [5, 5.41) is 17.3. The van der Waals surface area contributed by atoms with E-state index < -0.39 is 5.97 Å². The van der Waals surface area contributed by atoms with Gasteiger partial charge in [-0.05, 0) is 41.6 Å². The number of benzene rings is 2. The molecule has 0 radical (unpaired) electrons. The monoisotopic (exact) mass is 415 g/mol. The molecule has 3 rings (SSSR count). The molecule has 0 aliphatic rings. The second-order valence-corrected chi connectivity index (χ2v) is 7.20. The summed E-state index contributed by atoms with van der Waals surface area (Å²) >= 11 is 7.13. The van der Waals surface area contributed by atoms with Crippen molar-refractivity contribution in [3.63, 3.8) is 0 Å². The number of ether oxygens (including phenoxy) is 1. The fourth-order valence-corrected chi connectivity index (χ4v) is 3.22. The third kappa shape index (κ3) is 5.37. The number of aromatic nitrogens is 3. The van der Waals surface area contributed by atoms with E-state index >= 15 is 0 Å². The highest BCUT2D eigenvalue weighted by molar-refractivity contribution is 8.04. The molecule has 8 heteroatoms. The summed E-state index contributed by atoms with van der Waals surface area (Å²) in [6.45, 7) is 2.30. The van der Waals surface area contributed by atoms with Gasteiger partial charge in [-0.3, -0.25) is 5.10 Å². The van der Waals surface area contributed by atoms with Crippen molar-refractivity contribution in [1.82, 2.24) is 15.2 Å². The van der Waals surface area contributed by atoms with Crippen molar-refractivity contribution < 1.29 is 14.6 Å². The molecule has 0 aliphatic carbocycles. The van der Waals surface area contributed by atoms with Crippen LogP contribution in [0.5, 0.6) is 5.75 Å². The summed E-state index contributed by atoms with van der Waals surface area (Å²) in [4.78, 5) is 15.9. The van der Waals surface area contributed by atoms with E-state index in [9.17, 15) is 9.90 Å². The standard InChI is InChI=1S/C20H18ClN3O3S/c1-2-18-22-20(24-23-18)28-17(19(25)26)11-13-7-9-15(10-8-13)27-12-14-5-3-4-6-16(14)21/h3-11H,2,12H2,1H3,(H,25,26)(H,22,23,24)/b17-11-. The van der Waals surface area contributed by atoms with Crippen LogP contribution in [0.1, 0.15) is 23.9 Å². The molecule has 2 aromatic carbocycles. The molecule has 0 saturated heterocycles. The number of H-pyrrole nitrogens is 1. The fraction of sp³-hybridized carbons (Fsp3) is 0.150. The Balaban J connectivity index is 1.68. The van der Waals surface area contributed by atoms with Crippen LogP contribution in [-0.2, 0) is 17.8 Å². The lowest BCUT2D eigenvalue weighted by Crippen LogP contribution is -1.98. The Kier molecular flexibility index (Phi) is 6.73. The molecule has 0 unspecified atom stereocenters. The largest absolute Gasteiger partial charge is 0.489 e. The number of carboxylic acid groups (broad SMARTS) is 1. The van der Waals surface area contributed by atoms with Crippen LogP contribution >= 0.6 is 23.4 Å². The van der Waals surface area contributed by atoms with Crippen molar-refractivity contribution in [3.05, 3.63) is 75.4 Å². The van der Waals surface area contributed by atoms with Crippen LogP contribution < -0.4 is 4.74 Å². The Bertz CT molecular complexity index is 986. The molecule has 0 spiro atoms. The number of halogens is 1. The van der Waals surface area contributed by atoms with E-state index in [0.29, 0.717) is 34.8 Å². The highest BCUT2D eigenvalue weighted by atomic mass is 35.5. The SMILES string of the molecule is CCc1nc(S/C(=C\c2ccc(OCc3ccccc3Cl)cc2)C(=O)O)n[nH]1. The average molecular weight is 416 g/mol. The Hall–Kier alpha value is -2.77. The predicted octanol–water partition coefficient (Wildman–Crippen LogP) is 4.82. The molecule has 2 N–H and O–H groups in total. The number of rotatable bonds is 8. The lowest BCUT2D eigenvalue weighted by Gasteiger charge is -2.08. The normalized spacial score (nSPS) is 11.4. The summed E-state index contributed by atoms with van der Waals surface area (Å²) in [7, 11) is 0. The van der Waals surface area contributed by atoms with Crippen molar-refractivity contribution in [2.75, 3.05) is 0 Å². The number of aromatic amines is 1. The van der Waals surface area contributed by atoms with Crippen LogP contribution in [0.15, 0.2) is 58.6 Å². The lowest BCUT2D eigenvalue weighted by molar-refractivity contribution is -0.131. The van der Waals surface area contributed by atoms with Crippen molar-refractivity contribution in [1.29, 1.82) is 0 Å². The molecular weight excluding hydrogens is 398 g/mol. The molecule has 0 bridgehead atoms. The number of aliphatic carboxylic acids is 1. The Morgan fingerprint density at radius 1 is 1.25 bits per heavy atom. The van der Waals surface area contributed by atoms with Gasteiger partial charge in [-0.25, -0.2) is 9.78 Å². The number of carboxylic acids is 1. The van der Waals surface area contributed by atoms with Gasteiger partial charge in [0.25, 0.3) is 0 Å². The minimum absolute atomic E-state index is 0.131. The number of hydrogen-bond donors (Lipinski definition) is 2. The summed E-state index contributed by atoms with van der Waals surface area (Å²) in [6.07, 6.45) is 2.28. The first kappa shape index (κ1) is 20.0. The van der Waals surface area contributed by atoms with E-state index in [1.54, 1.807) is 30.3 Å². The molecule has 1 aromatic heterocycles. The van der Waals surface area contributed by atoms with Crippen LogP contribution in [-0.4, -0.2) is 26.3 Å².